The van der Waals surface area contributed by atoms with Crippen LogP contribution in [0.15, 0.2) is 54.1 Å². The number of phenolic OH excluding ortho intramolecular Hbond substituents is 1. The lowest BCUT2D eigenvalue weighted by molar-refractivity contribution is -0.117. The Kier molecular flexibility index (Phi) is 8.33. The summed E-state index contributed by atoms with van der Waals surface area (Å²) in [5.41, 5.74) is 1.71. The molecule has 2 N–H and O–H groups in total. The van der Waals surface area contributed by atoms with Gasteiger partial charge in [0.1, 0.15) is 17.4 Å². The van der Waals surface area contributed by atoms with Crippen LogP contribution in [0.1, 0.15) is 11.1 Å². The van der Waals surface area contributed by atoms with E-state index in [0.717, 1.165) is 11.3 Å². The van der Waals surface area contributed by atoms with Crippen LogP contribution in [0.4, 0.5) is 0 Å². The summed E-state index contributed by atoms with van der Waals surface area (Å²) in [5, 5.41) is 21.9. The molecule has 0 radical (unpaired) electrons. The second-order valence-corrected chi connectivity index (χ2v) is 6.18. The predicted molar refractivity (Wildman–Crippen MR) is 114 cm³/mol. The third-order valence-corrected chi connectivity index (χ3v) is 4.28. The Bertz CT molecular complexity index is 947. The summed E-state index contributed by atoms with van der Waals surface area (Å²) in [5.74, 6) is 0.746. The standard InChI is InChI=1S/C23H24N2O5/c1-28-19-9-7-16(8-10-19)11-12-25-23(27)18(15-24)6-4-5-17-13-20(29-2)22(26)21(14-17)30-3/h4-10,13-14,26H,11-12H2,1-3H3,(H,25,27)/b5-4+,18-6+. The van der Waals surface area contributed by atoms with E-state index in [-0.39, 0.29) is 22.8 Å². The number of amides is 1. The van der Waals surface area contributed by atoms with E-state index in [9.17, 15) is 15.2 Å². The summed E-state index contributed by atoms with van der Waals surface area (Å²) in [7, 11) is 4.48. The van der Waals surface area contributed by atoms with Crippen LogP contribution in [0.2, 0.25) is 0 Å². The first kappa shape index (κ1) is 22.4. The van der Waals surface area contributed by atoms with E-state index in [1.54, 1.807) is 31.4 Å². The number of nitriles is 1. The van der Waals surface area contributed by atoms with Crippen LogP contribution in [0.5, 0.6) is 23.0 Å². The normalized spacial score (nSPS) is 11.1. The summed E-state index contributed by atoms with van der Waals surface area (Å²) in [4.78, 5) is 12.2. The average molecular weight is 408 g/mol. The number of carbonyl (C=O) groups is 1. The quantitative estimate of drug-likeness (QED) is 0.375. The number of hydrogen-bond acceptors (Lipinski definition) is 6. The minimum absolute atomic E-state index is 0.0151. The lowest BCUT2D eigenvalue weighted by Crippen LogP contribution is -2.26. The zero-order valence-corrected chi connectivity index (χ0v) is 17.1. The Morgan fingerprint density at radius 1 is 1.10 bits per heavy atom. The molecule has 0 bridgehead atoms. The first-order chi connectivity index (χ1) is 14.5. The number of benzene rings is 2. The fraction of sp³-hybridized carbons (Fsp3) is 0.217. The summed E-state index contributed by atoms with van der Waals surface area (Å²) in [6.45, 7) is 0.403. The highest BCUT2D eigenvalue weighted by Gasteiger charge is 2.10. The highest BCUT2D eigenvalue weighted by Crippen LogP contribution is 2.37. The number of aromatic hydroxyl groups is 1. The summed E-state index contributed by atoms with van der Waals surface area (Å²) < 4.78 is 15.3. The van der Waals surface area contributed by atoms with Crippen molar-refractivity contribution in [3.05, 3.63) is 65.3 Å². The molecule has 0 saturated heterocycles. The van der Waals surface area contributed by atoms with Gasteiger partial charge in [-0.15, -0.1) is 0 Å². The van der Waals surface area contributed by atoms with Crippen molar-refractivity contribution in [3.63, 3.8) is 0 Å². The Balaban J connectivity index is 1.99. The largest absolute Gasteiger partial charge is 0.502 e. The highest BCUT2D eigenvalue weighted by atomic mass is 16.5. The van der Waals surface area contributed by atoms with Crippen LogP contribution < -0.4 is 19.5 Å². The van der Waals surface area contributed by atoms with Crippen molar-refractivity contribution in [2.45, 2.75) is 6.42 Å². The molecule has 0 saturated carbocycles. The molecule has 2 aromatic rings. The van der Waals surface area contributed by atoms with Crippen LogP contribution >= 0.6 is 0 Å². The van der Waals surface area contributed by atoms with Crippen molar-refractivity contribution in [1.82, 2.24) is 5.32 Å². The van der Waals surface area contributed by atoms with E-state index in [1.807, 2.05) is 30.3 Å². The third-order valence-electron chi connectivity index (χ3n) is 4.28. The molecule has 0 aromatic heterocycles. The zero-order valence-electron chi connectivity index (χ0n) is 17.1. The molecule has 7 heteroatoms. The molecule has 0 unspecified atom stereocenters. The van der Waals surface area contributed by atoms with Crippen LogP contribution in [0.25, 0.3) is 6.08 Å². The molecule has 0 spiro atoms. The van der Waals surface area contributed by atoms with Gasteiger partial charge in [-0.25, -0.2) is 0 Å². The van der Waals surface area contributed by atoms with Gasteiger partial charge in [0.25, 0.3) is 5.91 Å². The van der Waals surface area contributed by atoms with Gasteiger partial charge in [0.15, 0.2) is 11.5 Å². The van der Waals surface area contributed by atoms with Crippen LogP contribution in [-0.2, 0) is 11.2 Å². The monoisotopic (exact) mass is 408 g/mol. The molecule has 2 rings (SSSR count). The number of nitrogens with one attached hydrogen (secondary N) is 1. The van der Waals surface area contributed by atoms with Crippen LogP contribution in [0, 0.1) is 11.3 Å². The van der Waals surface area contributed by atoms with Gasteiger partial charge >= 0.3 is 0 Å². The molecule has 0 aliphatic heterocycles. The minimum Gasteiger partial charge on any atom is -0.502 e. The van der Waals surface area contributed by atoms with E-state index in [2.05, 4.69) is 5.32 Å². The Morgan fingerprint density at radius 2 is 1.73 bits per heavy atom. The number of phenols is 1. The van der Waals surface area contributed by atoms with E-state index in [1.165, 1.54) is 20.3 Å². The van der Waals surface area contributed by atoms with Gasteiger partial charge in [0.05, 0.1) is 21.3 Å². The predicted octanol–water partition coefficient (Wildman–Crippen LogP) is 3.24. The van der Waals surface area contributed by atoms with Gasteiger partial charge in [0, 0.05) is 6.54 Å². The number of hydrogen-bond donors (Lipinski definition) is 2. The van der Waals surface area contributed by atoms with E-state index in [4.69, 9.17) is 14.2 Å². The Hall–Kier alpha value is -3.92. The average Bonchev–Trinajstić information content (AvgIpc) is 2.77. The van der Waals surface area contributed by atoms with Crippen molar-refractivity contribution in [3.8, 4) is 29.1 Å². The van der Waals surface area contributed by atoms with Gasteiger partial charge in [-0.1, -0.05) is 24.3 Å². The topological polar surface area (TPSA) is 101 Å². The molecular formula is C23H24N2O5. The first-order valence-corrected chi connectivity index (χ1v) is 9.17. The van der Waals surface area contributed by atoms with Gasteiger partial charge in [-0.05, 0) is 47.9 Å². The molecule has 0 atom stereocenters. The number of allylic oxidation sites excluding steroid dienone is 2. The molecule has 7 nitrogen and oxygen atoms in total. The number of rotatable bonds is 9. The highest BCUT2D eigenvalue weighted by molar-refractivity contribution is 5.97. The maximum absolute atomic E-state index is 12.2. The molecule has 0 aliphatic rings. The fourth-order valence-corrected chi connectivity index (χ4v) is 2.64. The lowest BCUT2D eigenvalue weighted by atomic mass is 10.1. The minimum atomic E-state index is -0.448. The molecule has 156 valence electrons. The number of ether oxygens (including phenoxy) is 3. The zero-order chi connectivity index (χ0) is 21.9. The molecular weight excluding hydrogens is 384 g/mol. The number of methoxy groups -OCH3 is 3. The molecule has 0 fully saturated rings. The second kappa shape index (κ2) is 11.2. The molecule has 0 aliphatic carbocycles. The van der Waals surface area contributed by atoms with Crippen LogP contribution in [-0.4, -0.2) is 38.9 Å². The molecule has 2 aromatic carbocycles. The Labute approximate surface area is 175 Å². The van der Waals surface area contributed by atoms with Crippen molar-refractivity contribution in [2.75, 3.05) is 27.9 Å². The van der Waals surface area contributed by atoms with Gasteiger partial charge in [0.2, 0.25) is 5.75 Å². The van der Waals surface area contributed by atoms with E-state index >= 15 is 0 Å². The van der Waals surface area contributed by atoms with Crippen molar-refractivity contribution in [1.29, 1.82) is 5.26 Å². The molecule has 1 amide bonds. The van der Waals surface area contributed by atoms with Crippen molar-refractivity contribution >= 4 is 12.0 Å². The number of nitrogens with zero attached hydrogens (tertiary/aromatic N) is 1. The van der Waals surface area contributed by atoms with Crippen LogP contribution in [0.3, 0.4) is 0 Å². The van der Waals surface area contributed by atoms with E-state index in [0.29, 0.717) is 18.5 Å². The van der Waals surface area contributed by atoms with Crippen molar-refractivity contribution < 1.29 is 24.1 Å². The van der Waals surface area contributed by atoms with Gasteiger partial charge in [-0.3, -0.25) is 4.79 Å². The van der Waals surface area contributed by atoms with E-state index < -0.39 is 5.91 Å². The maximum atomic E-state index is 12.2. The maximum Gasteiger partial charge on any atom is 0.261 e. The first-order valence-electron chi connectivity index (χ1n) is 9.17. The van der Waals surface area contributed by atoms with Gasteiger partial charge < -0.3 is 24.6 Å². The smallest absolute Gasteiger partial charge is 0.261 e. The summed E-state index contributed by atoms with van der Waals surface area (Å²) in [6, 6.07) is 12.7. The third kappa shape index (κ3) is 6.04. The summed E-state index contributed by atoms with van der Waals surface area (Å²) in [6.07, 6.45) is 5.31. The molecule has 0 heterocycles. The van der Waals surface area contributed by atoms with Crippen molar-refractivity contribution in [2.24, 2.45) is 0 Å². The SMILES string of the molecule is COc1ccc(CCNC(=O)/C(C#N)=C/C=C/c2cc(OC)c(O)c(OC)c2)cc1. The number of carbonyl (C=O) groups excluding carboxylic acids is 1. The second-order valence-electron chi connectivity index (χ2n) is 6.18. The lowest BCUT2D eigenvalue weighted by Gasteiger charge is -2.09. The summed E-state index contributed by atoms with van der Waals surface area (Å²) >= 11 is 0. The van der Waals surface area contributed by atoms with Gasteiger partial charge in [-0.2, -0.15) is 5.26 Å². The Morgan fingerprint density at radius 3 is 2.27 bits per heavy atom. The fourth-order valence-electron chi connectivity index (χ4n) is 2.64. The molecule has 30 heavy (non-hydrogen) atoms.